The zero-order valence-corrected chi connectivity index (χ0v) is 38.7. The molecule has 0 saturated carbocycles. The van der Waals surface area contributed by atoms with Gasteiger partial charge in [0, 0.05) is 78.2 Å². The summed E-state index contributed by atoms with van der Waals surface area (Å²) in [5.41, 5.74) is 22.7. The molecule has 330 valence electrons. The molecule has 0 spiro atoms. The largest absolute Gasteiger partial charge is 0.311 e. The normalized spacial score (nSPS) is 12.7. The molecular formula is C66H43BN4. The topological polar surface area (TPSA) is 16.3 Å². The quantitative estimate of drug-likeness (QED) is 0.155. The summed E-state index contributed by atoms with van der Waals surface area (Å²) >= 11 is 0. The average Bonchev–Trinajstić information content (AvgIpc) is 3.97. The van der Waals surface area contributed by atoms with Gasteiger partial charge in [0.2, 0.25) is 0 Å². The third kappa shape index (κ3) is 5.87. The Morgan fingerprint density at radius 2 is 0.634 bits per heavy atom. The molecule has 15 rings (SSSR count). The fourth-order valence-electron chi connectivity index (χ4n) is 12.2. The standard InChI is InChI=1S/C66H43BN4/c1-5-20-46(21-6-1)68-60-40-38-44(50-30-17-32-54-52-28-13-15-34-58(52)70(65(50)54)48-24-9-3-10-25-48)42-56(60)67-57-43-45(39-41-61(57)69(47-22-7-2-8-23-47)63-37-19-36-62(68)64(63)67)51-31-18-33-55-53-29-14-16-35-59(53)71(66(51)55)49-26-11-4-12-27-49/h1-43H. The molecule has 0 bridgehead atoms. The Bertz CT molecular complexity index is 3970. The Balaban J connectivity index is 1.03. The lowest BCUT2D eigenvalue weighted by molar-refractivity contribution is 1.18. The summed E-state index contributed by atoms with van der Waals surface area (Å²) in [6.45, 7) is -0.0932. The first-order valence-electron chi connectivity index (χ1n) is 24.6. The van der Waals surface area contributed by atoms with E-state index in [0.29, 0.717) is 0 Å². The smallest absolute Gasteiger partial charge is 0.252 e. The van der Waals surface area contributed by atoms with Crippen molar-refractivity contribution in [3.05, 3.63) is 261 Å². The number of benzene rings is 11. The van der Waals surface area contributed by atoms with Crippen LogP contribution in [-0.4, -0.2) is 15.8 Å². The molecule has 0 fully saturated rings. The van der Waals surface area contributed by atoms with Crippen LogP contribution in [0.25, 0.3) is 77.2 Å². The van der Waals surface area contributed by atoms with Crippen molar-refractivity contribution in [2.24, 2.45) is 0 Å². The number of fused-ring (bicyclic) bond motifs is 10. The van der Waals surface area contributed by atoms with Crippen LogP contribution in [-0.2, 0) is 0 Å². The fourth-order valence-corrected chi connectivity index (χ4v) is 12.2. The highest BCUT2D eigenvalue weighted by Gasteiger charge is 2.43. The summed E-state index contributed by atoms with van der Waals surface area (Å²) in [5.74, 6) is 0. The molecule has 13 aromatic rings. The van der Waals surface area contributed by atoms with E-state index in [1.165, 1.54) is 105 Å². The van der Waals surface area contributed by atoms with E-state index < -0.39 is 0 Å². The van der Waals surface area contributed by atoms with E-state index in [-0.39, 0.29) is 6.71 Å². The molecule has 0 aliphatic carbocycles. The number of nitrogens with zero attached hydrogens (tertiary/aromatic N) is 4. The Hall–Kier alpha value is -9.32. The number of hydrogen-bond donors (Lipinski definition) is 0. The first kappa shape index (κ1) is 39.7. The molecule has 0 atom stereocenters. The van der Waals surface area contributed by atoms with Crippen molar-refractivity contribution in [1.82, 2.24) is 9.13 Å². The summed E-state index contributed by atoms with van der Waals surface area (Å²) in [4.78, 5) is 4.99. The molecule has 0 amide bonds. The highest BCUT2D eigenvalue weighted by Crippen LogP contribution is 2.47. The molecule has 2 aromatic heterocycles. The van der Waals surface area contributed by atoms with E-state index in [1.54, 1.807) is 0 Å². The first-order valence-corrected chi connectivity index (χ1v) is 24.6. The minimum absolute atomic E-state index is 0.0932. The van der Waals surface area contributed by atoms with Crippen molar-refractivity contribution in [3.8, 4) is 33.6 Å². The van der Waals surface area contributed by atoms with E-state index in [1.807, 2.05) is 0 Å². The van der Waals surface area contributed by atoms with Gasteiger partial charge in [-0.05, 0) is 112 Å². The maximum absolute atomic E-state index is 2.51. The summed E-state index contributed by atoms with van der Waals surface area (Å²) in [6.07, 6.45) is 0. The predicted molar refractivity (Wildman–Crippen MR) is 300 cm³/mol. The van der Waals surface area contributed by atoms with Crippen LogP contribution in [0.4, 0.5) is 34.1 Å². The number of rotatable bonds is 6. The second kappa shape index (κ2) is 15.6. The molecule has 11 aromatic carbocycles. The van der Waals surface area contributed by atoms with Gasteiger partial charge in [0.1, 0.15) is 0 Å². The highest BCUT2D eigenvalue weighted by atomic mass is 15.2. The fraction of sp³-hybridized carbons (Fsp3) is 0. The van der Waals surface area contributed by atoms with Crippen molar-refractivity contribution >= 4 is 101 Å². The molecule has 4 nitrogen and oxygen atoms in total. The third-order valence-corrected chi connectivity index (χ3v) is 15.1. The van der Waals surface area contributed by atoms with Crippen molar-refractivity contribution in [3.63, 3.8) is 0 Å². The van der Waals surface area contributed by atoms with E-state index in [2.05, 4.69) is 280 Å². The molecule has 5 heteroatoms. The van der Waals surface area contributed by atoms with Crippen LogP contribution in [0, 0.1) is 0 Å². The monoisotopic (exact) mass is 902 g/mol. The zero-order valence-electron chi connectivity index (χ0n) is 38.7. The second-order valence-corrected chi connectivity index (χ2v) is 18.8. The Morgan fingerprint density at radius 3 is 1.07 bits per heavy atom. The van der Waals surface area contributed by atoms with E-state index in [0.717, 1.165) is 22.7 Å². The van der Waals surface area contributed by atoms with Gasteiger partial charge in [0.25, 0.3) is 6.71 Å². The van der Waals surface area contributed by atoms with E-state index in [4.69, 9.17) is 0 Å². The maximum Gasteiger partial charge on any atom is 0.252 e. The van der Waals surface area contributed by atoms with Gasteiger partial charge in [-0.2, -0.15) is 0 Å². The lowest BCUT2D eigenvalue weighted by Gasteiger charge is -2.44. The van der Waals surface area contributed by atoms with Crippen molar-refractivity contribution < 1.29 is 0 Å². The van der Waals surface area contributed by atoms with E-state index >= 15 is 0 Å². The van der Waals surface area contributed by atoms with Gasteiger partial charge in [-0.1, -0.05) is 176 Å². The zero-order chi connectivity index (χ0) is 46.6. The molecule has 0 radical (unpaired) electrons. The minimum atomic E-state index is -0.0932. The van der Waals surface area contributed by atoms with Gasteiger partial charge in [-0.15, -0.1) is 0 Å². The summed E-state index contributed by atoms with van der Waals surface area (Å²) in [7, 11) is 0. The number of hydrogen-bond acceptors (Lipinski definition) is 2. The number of anilines is 6. The SMILES string of the molecule is c1ccc(N2c3ccc(-c4cccc5c6ccccc6n(-c6ccccc6)c45)cc3B3c4cc(-c5cccc6c7ccccc7n(-c7ccccc7)c56)ccc4N(c4ccccc4)c4cccc2c43)cc1. The predicted octanol–water partition coefficient (Wildman–Crippen LogP) is 15.3. The van der Waals surface area contributed by atoms with Gasteiger partial charge >= 0.3 is 0 Å². The second-order valence-electron chi connectivity index (χ2n) is 18.8. The highest BCUT2D eigenvalue weighted by molar-refractivity contribution is 7.00. The summed E-state index contributed by atoms with van der Waals surface area (Å²) in [5, 5.41) is 4.98. The van der Waals surface area contributed by atoms with Crippen molar-refractivity contribution in [2.75, 3.05) is 9.80 Å². The van der Waals surface area contributed by atoms with Crippen molar-refractivity contribution in [2.45, 2.75) is 0 Å². The Kier molecular flexibility index (Phi) is 8.72. The number of aromatic nitrogens is 2. The van der Waals surface area contributed by atoms with Gasteiger partial charge in [-0.25, -0.2) is 0 Å². The summed E-state index contributed by atoms with van der Waals surface area (Å²) in [6, 6.07) is 96.2. The molecule has 71 heavy (non-hydrogen) atoms. The van der Waals surface area contributed by atoms with Crippen LogP contribution in [0.5, 0.6) is 0 Å². The Labute approximate surface area is 412 Å². The molecular weight excluding hydrogens is 860 g/mol. The first-order chi connectivity index (χ1) is 35.3. The van der Waals surface area contributed by atoms with Crippen LogP contribution in [0.1, 0.15) is 0 Å². The van der Waals surface area contributed by atoms with Crippen LogP contribution in [0.15, 0.2) is 261 Å². The van der Waals surface area contributed by atoms with Crippen LogP contribution >= 0.6 is 0 Å². The van der Waals surface area contributed by atoms with Gasteiger partial charge < -0.3 is 18.9 Å². The van der Waals surface area contributed by atoms with Crippen LogP contribution in [0.2, 0.25) is 0 Å². The minimum Gasteiger partial charge on any atom is -0.311 e. The summed E-state index contributed by atoms with van der Waals surface area (Å²) < 4.78 is 4.91. The van der Waals surface area contributed by atoms with Gasteiger partial charge in [0.05, 0.1) is 22.1 Å². The van der Waals surface area contributed by atoms with Gasteiger partial charge in [-0.3, -0.25) is 0 Å². The third-order valence-electron chi connectivity index (χ3n) is 15.1. The molecule has 0 saturated heterocycles. The van der Waals surface area contributed by atoms with Crippen LogP contribution < -0.4 is 26.2 Å². The molecule has 4 heterocycles. The lowest BCUT2D eigenvalue weighted by atomic mass is 9.33. The van der Waals surface area contributed by atoms with E-state index in [9.17, 15) is 0 Å². The van der Waals surface area contributed by atoms with Crippen LogP contribution in [0.3, 0.4) is 0 Å². The average molecular weight is 903 g/mol. The Morgan fingerprint density at radius 1 is 0.268 bits per heavy atom. The van der Waals surface area contributed by atoms with Gasteiger partial charge in [0.15, 0.2) is 0 Å². The molecule has 2 aliphatic rings. The molecule has 2 aliphatic heterocycles. The molecule has 0 N–H and O–H groups in total. The molecule has 0 unspecified atom stereocenters. The number of para-hydroxylation sites is 8. The maximum atomic E-state index is 2.51. The lowest BCUT2D eigenvalue weighted by Crippen LogP contribution is -2.61. The van der Waals surface area contributed by atoms with Crippen molar-refractivity contribution in [1.29, 1.82) is 0 Å².